The molecule has 3 heterocycles. The number of furan rings is 2. The van der Waals surface area contributed by atoms with Crippen molar-refractivity contribution in [2.24, 2.45) is 0 Å². The van der Waals surface area contributed by atoms with Crippen molar-refractivity contribution in [1.82, 2.24) is 4.57 Å². The van der Waals surface area contributed by atoms with Crippen molar-refractivity contribution < 1.29 is 8.83 Å². The van der Waals surface area contributed by atoms with E-state index in [2.05, 4.69) is 77.4 Å². The van der Waals surface area contributed by atoms with E-state index in [9.17, 15) is 10.5 Å². The fourth-order valence-electron chi connectivity index (χ4n) is 6.70. The van der Waals surface area contributed by atoms with Crippen LogP contribution in [0.15, 0.2) is 124 Å². The Morgan fingerprint density at radius 1 is 0.545 bits per heavy atom. The van der Waals surface area contributed by atoms with E-state index in [4.69, 9.17) is 8.83 Å². The van der Waals surface area contributed by atoms with Crippen molar-refractivity contribution in [3.05, 3.63) is 138 Å². The molecule has 9 rings (SSSR count). The van der Waals surface area contributed by atoms with Gasteiger partial charge in [0, 0.05) is 32.3 Å². The average molecular weight is 564 g/mol. The smallest absolute Gasteiger partial charge is 0.160 e. The third kappa shape index (κ3) is 3.45. The highest BCUT2D eigenvalue weighted by atomic mass is 16.3. The molecule has 3 aromatic heterocycles. The van der Waals surface area contributed by atoms with Crippen molar-refractivity contribution >= 4 is 65.7 Å². The number of nitrogens with zero attached hydrogens (tertiary/aromatic N) is 3. The minimum Gasteiger partial charge on any atom is -0.456 e. The van der Waals surface area contributed by atoms with Gasteiger partial charge in [-0.2, -0.15) is 10.5 Å². The van der Waals surface area contributed by atoms with Gasteiger partial charge in [0.2, 0.25) is 0 Å². The molecule has 0 spiro atoms. The standard InChI is InChI=1S/C39H21N3O2/c40-21-24-11-16-37-32(19-24)31-18-23(10-15-36(31)43-37)17-26-12-9-25(22-41)20-34(26)42-33-7-3-1-5-27(33)29-13-14-30-28-6-2-4-8-35(28)44-39(30)38(29)42/h1-16,18-20H,17H2. The molecule has 0 fully saturated rings. The Labute approximate surface area is 251 Å². The molecular formula is C39H21N3O2. The molecule has 5 nitrogen and oxygen atoms in total. The first-order valence-corrected chi connectivity index (χ1v) is 14.4. The number of hydrogen-bond acceptors (Lipinski definition) is 4. The Morgan fingerprint density at radius 2 is 1.23 bits per heavy atom. The number of rotatable bonds is 3. The van der Waals surface area contributed by atoms with Crippen molar-refractivity contribution in [2.45, 2.75) is 6.42 Å². The first kappa shape index (κ1) is 24.3. The number of nitriles is 2. The van der Waals surface area contributed by atoms with Crippen LogP contribution in [-0.2, 0) is 6.42 Å². The first-order valence-electron chi connectivity index (χ1n) is 14.4. The van der Waals surface area contributed by atoms with Gasteiger partial charge in [0.25, 0.3) is 0 Å². The predicted molar refractivity (Wildman–Crippen MR) is 174 cm³/mol. The summed E-state index contributed by atoms with van der Waals surface area (Å²) in [5.74, 6) is 0. The molecule has 0 N–H and O–H groups in total. The van der Waals surface area contributed by atoms with Crippen LogP contribution in [0.4, 0.5) is 0 Å². The summed E-state index contributed by atoms with van der Waals surface area (Å²) in [7, 11) is 0. The molecule has 5 heteroatoms. The predicted octanol–water partition coefficient (Wildman–Crippen LogP) is 9.92. The quantitative estimate of drug-likeness (QED) is 0.214. The second-order valence-electron chi connectivity index (χ2n) is 11.2. The summed E-state index contributed by atoms with van der Waals surface area (Å²) in [4.78, 5) is 0. The van der Waals surface area contributed by atoms with E-state index in [-0.39, 0.29) is 0 Å². The van der Waals surface area contributed by atoms with Crippen LogP contribution < -0.4 is 0 Å². The number of para-hydroxylation sites is 2. The van der Waals surface area contributed by atoms with Gasteiger partial charge >= 0.3 is 0 Å². The zero-order valence-electron chi connectivity index (χ0n) is 23.3. The Hall–Kier alpha value is -6.30. The fourth-order valence-corrected chi connectivity index (χ4v) is 6.70. The molecular weight excluding hydrogens is 542 g/mol. The summed E-state index contributed by atoms with van der Waals surface area (Å²) in [5, 5.41) is 25.7. The summed E-state index contributed by atoms with van der Waals surface area (Å²) >= 11 is 0. The number of benzene rings is 6. The van der Waals surface area contributed by atoms with Gasteiger partial charge < -0.3 is 13.4 Å². The Kier molecular flexibility index (Phi) is 5.03. The van der Waals surface area contributed by atoms with Crippen LogP contribution in [0.2, 0.25) is 0 Å². The lowest BCUT2D eigenvalue weighted by Crippen LogP contribution is -2.02. The van der Waals surface area contributed by atoms with Gasteiger partial charge in [-0.05, 0) is 78.2 Å². The van der Waals surface area contributed by atoms with Crippen molar-refractivity contribution in [1.29, 1.82) is 10.5 Å². The molecule has 0 unspecified atom stereocenters. The van der Waals surface area contributed by atoms with Crippen LogP contribution in [0.3, 0.4) is 0 Å². The molecule has 9 aromatic rings. The van der Waals surface area contributed by atoms with E-state index in [1.165, 1.54) is 0 Å². The van der Waals surface area contributed by atoms with Gasteiger partial charge in [-0.15, -0.1) is 0 Å². The summed E-state index contributed by atoms with van der Waals surface area (Å²) in [6.45, 7) is 0. The maximum Gasteiger partial charge on any atom is 0.160 e. The van der Waals surface area contributed by atoms with Crippen LogP contribution in [0.25, 0.3) is 71.4 Å². The van der Waals surface area contributed by atoms with Crippen LogP contribution in [0.1, 0.15) is 22.3 Å². The normalized spacial score (nSPS) is 11.7. The Balaban J connectivity index is 1.31. The zero-order valence-corrected chi connectivity index (χ0v) is 23.3. The van der Waals surface area contributed by atoms with E-state index in [1.54, 1.807) is 6.07 Å². The Bertz CT molecular complexity index is 2730. The van der Waals surface area contributed by atoms with Crippen LogP contribution in [0, 0.1) is 22.7 Å². The minimum absolute atomic E-state index is 0.590. The van der Waals surface area contributed by atoms with Gasteiger partial charge in [0.05, 0.1) is 40.0 Å². The van der Waals surface area contributed by atoms with Crippen molar-refractivity contribution in [3.8, 4) is 17.8 Å². The van der Waals surface area contributed by atoms with Gasteiger partial charge in [-0.1, -0.05) is 54.6 Å². The maximum atomic E-state index is 9.96. The summed E-state index contributed by atoms with van der Waals surface area (Å²) < 4.78 is 14.9. The highest BCUT2D eigenvalue weighted by molar-refractivity contribution is 6.21. The van der Waals surface area contributed by atoms with Gasteiger partial charge in [0.1, 0.15) is 16.7 Å². The van der Waals surface area contributed by atoms with Crippen LogP contribution in [0.5, 0.6) is 0 Å². The second-order valence-corrected chi connectivity index (χ2v) is 11.2. The van der Waals surface area contributed by atoms with Crippen LogP contribution in [-0.4, -0.2) is 4.57 Å². The van der Waals surface area contributed by atoms with E-state index in [1.807, 2.05) is 48.5 Å². The minimum atomic E-state index is 0.590. The molecule has 6 aromatic carbocycles. The number of hydrogen-bond donors (Lipinski definition) is 0. The lowest BCUT2D eigenvalue weighted by Gasteiger charge is -2.15. The lowest BCUT2D eigenvalue weighted by atomic mass is 9.99. The molecule has 0 saturated carbocycles. The van der Waals surface area contributed by atoms with Gasteiger partial charge in [-0.3, -0.25) is 0 Å². The third-order valence-corrected chi connectivity index (χ3v) is 8.69. The molecule has 0 aliphatic carbocycles. The number of aromatic nitrogens is 1. The zero-order chi connectivity index (χ0) is 29.4. The fraction of sp³-hybridized carbons (Fsp3) is 0.0256. The summed E-state index contributed by atoms with van der Waals surface area (Å²) in [5.41, 5.74) is 9.55. The molecule has 0 saturated heterocycles. The molecule has 44 heavy (non-hydrogen) atoms. The molecule has 204 valence electrons. The molecule has 0 amide bonds. The number of fused-ring (bicyclic) bond motifs is 10. The SMILES string of the molecule is N#Cc1ccc(Cc2ccc3oc4ccc(C#N)cc4c3c2)c(-n2c3ccccc3c3ccc4c5ccccc5oc4c32)c1. The monoisotopic (exact) mass is 563 g/mol. The summed E-state index contributed by atoms with van der Waals surface area (Å²) in [6, 6.07) is 43.1. The van der Waals surface area contributed by atoms with E-state index >= 15 is 0 Å². The lowest BCUT2D eigenvalue weighted by molar-refractivity contribution is 0.668. The highest BCUT2D eigenvalue weighted by Gasteiger charge is 2.21. The van der Waals surface area contributed by atoms with Gasteiger partial charge in [-0.25, -0.2) is 0 Å². The molecule has 0 atom stereocenters. The van der Waals surface area contributed by atoms with E-state index < -0.39 is 0 Å². The molecule has 0 radical (unpaired) electrons. The topological polar surface area (TPSA) is 78.8 Å². The largest absolute Gasteiger partial charge is 0.456 e. The van der Waals surface area contributed by atoms with Crippen molar-refractivity contribution in [3.63, 3.8) is 0 Å². The molecule has 0 bridgehead atoms. The maximum absolute atomic E-state index is 9.96. The van der Waals surface area contributed by atoms with Crippen LogP contribution >= 0.6 is 0 Å². The molecule has 0 aliphatic rings. The highest BCUT2D eigenvalue weighted by Crippen LogP contribution is 2.41. The first-order chi connectivity index (χ1) is 21.7. The summed E-state index contributed by atoms with van der Waals surface area (Å²) in [6.07, 6.45) is 0.631. The van der Waals surface area contributed by atoms with E-state index in [0.29, 0.717) is 17.5 Å². The van der Waals surface area contributed by atoms with Gasteiger partial charge in [0.15, 0.2) is 5.58 Å². The second kappa shape index (κ2) is 9.10. The van der Waals surface area contributed by atoms with E-state index in [0.717, 1.165) is 82.5 Å². The molecule has 0 aliphatic heterocycles. The van der Waals surface area contributed by atoms with Crippen molar-refractivity contribution in [2.75, 3.05) is 0 Å². The Morgan fingerprint density at radius 3 is 2.09 bits per heavy atom. The third-order valence-electron chi connectivity index (χ3n) is 8.69. The average Bonchev–Trinajstić information content (AvgIpc) is 3.74.